The summed E-state index contributed by atoms with van der Waals surface area (Å²) in [5.74, 6) is 2.09. The van der Waals surface area contributed by atoms with Crippen LogP contribution in [-0.2, 0) is 9.53 Å². The first-order chi connectivity index (χ1) is 5.84. The van der Waals surface area contributed by atoms with Gasteiger partial charge < -0.3 is 4.74 Å². The molecule has 1 heterocycles. The molecule has 2 nitrogen and oxygen atoms in total. The Balaban J connectivity index is 0.000000561. The van der Waals surface area contributed by atoms with Gasteiger partial charge in [0.1, 0.15) is 4.58 Å². The first-order valence-electron chi connectivity index (χ1n) is 4.15. The third-order valence-corrected chi connectivity index (χ3v) is 4.08. The molecular formula is C8H16O2S2. The summed E-state index contributed by atoms with van der Waals surface area (Å²) < 4.78 is 4.65. The van der Waals surface area contributed by atoms with Crippen molar-refractivity contribution in [3.63, 3.8) is 0 Å². The molecule has 0 spiro atoms. The van der Waals surface area contributed by atoms with E-state index in [0.29, 0.717) is 0 Å². The minimum Gasteiger partial charge on any atom is -0.468 e. The molecule has 0 aromatic carbocycles. The standard InChI is InChI=1S/C6H10O2S2.C2H6/c1-8-5(7)6-9-3-2-4-10-6;1-2/h6H,2-4H2,1H3;1-2H3. The number of rotatable bonds is 1. The van der Waals surface area contributed by atoms with Gasteiger partial charge in [0.15, 0.2) is 0 Å². The van der Waals surface area contributed by atoms with E-state index in [1.54, 1.807) is 23.5 Å². The molecule has 4 heteroatoms. The summed E-state index contributed by atoms with van der Waals surface area (Å²) >= 11 is 3.37. The van der Waals surface area contributed by atoms with Crippen molar-refractivity contribution in [2.45, 2.75) is 24.9 Å². The van der Waals surface area contributed by atoms with E-state index in [1.165, 1.54) is 13.5 Å². The van der Waals surface area contributed by atoms with Crippen LogP contribution in [0.5, 0.6) is 0 Å². The number of hydrogen-bond donors (Lipinski definition) is 0. The number of carbonyl (C=O) groups is 1. The summed E-state index contributed by atoms with van der Waals surface area (Å²) in [5.41, 5.74) is 0. The smallest absolute Gasteiger partial charge is 0.329 e. The fraction of sp³-hybridized carbons (Fsp3) is 0.875. The van der Waals surface area contributed by atoms with Crippen molar-refractivity contribution in [1.29, 1.82) is 0 Å². The van der Waals surface area contributed by atoms with E-state index in [2.05, 4.69) is 4.74 Å². The van der Waals surface area contributed by atoms with Crippen molar-refractivity contribution >= 4 is 29.5 Å². The SMILES string of the molecule is CC.COC(=O)C1SCCCS1. The van der Waals surface area contributed by atoms with Crippen LogP contribution in [0.15, 0.2) is 0 Å². The van der Waals surface area contributed by atoms with Crippen molar-refractivity contribution < 1.29 is 9.53 Å². The first kappa shape index (κ1) is 12.2. The molecule has 0 aromatic heterocycles. The maximum atomic E-state index is 10.9. The minimum atomic E-state index is -0.0882. The number of esters is 1. The van der Waals surface area contributed by atoms with E-state index >= 15 is 0 Å². The zero-order valence-corrected chi connectivity index (χ0v) is 9.46. The number of thioether (sulfide) groups is 2. The van der Waals surface area contributed by atoms with Gasteiger partial charge in [0.25, 0.3) is 0 Å². The highest BCUT2D eigenvalue weighted by atomic mass is 32.2. The molecule has 0 aromatic rings. The Morgan fingerprint density at radius 1 is 1.33 bits per heavy atom. The van der Waals surface area contributed by atoms with Crippen molar-refractivity contribution in [3.05, 3.63) is 0 Å². The second kappa shape index (κ2) is 7.80. The minimum absolute atomic E-state index is 0.0405. The molecule has 0 aliphatic carbocycles. The number of ether oxygens (including phenoxy) is 1. The number of carbonyl (C=O) groups excluding carboxylic acids is 1. The fourth-order valence-corrected chi connectivity index (χ4v) is 3.38. The van der Waals surface area contributed by atoms with Crippen LogP contribution in [0.3, 0.4) is 0 Å². The van der Waals surface area contributed by atoms with Gasteiger partial charge >= 0.3 is 5.97 Å². The average molecular weight is 208 g/mol. The lowest BCUT2D eigenvalue weighted by atomic mass is 10.6. The van der Waals surface area contributed by atoms with Crippen LogP contribution in [-0.4, -0.2) is 29.2 Å². The van der Waals surface area contributed by atoms with Crippen LogP contribution in [0, 0.1) is 0 Å². The monoisotopic (exact) mass is 208 g/mol. The van der Waals surface area contributed by atoms with E-state index in [0.717, 1.165) is 11.5 Å². The summed E-state index contributed by atoms with van der Waals surface area (Å²) in [4.78, 5) is 10.9. The van der Waals surface area contributed by atoms with Gasteiger partial charge in [-0.15, -0.1) is 23.5 Å². The first-order valence-corrected chi connectivity index (χ1v) is 6.25. The lowest BCUT2D eigenvalue weighted by Crippen LogP contribution is -2.19. The molecule has 0 saturated carbocycles. The molecule has 0 N–H and O–H groups in total. The number of methoxy groups -OCH3 is 1. The normalized spacial score (nSPS) is 17.6. The Labute approximate surface area is 82.8 Å². The Kier molecular flexibility index (Phi) is 7.91. The van der Waals surface area contributed by atoms with Gasteiger partial charge in [-0.3, -0.25) is 0 Å². The Morgan fingerprint density at radius 2 is 1.83 bits per heavy atom. The van der Waals surface area contributed by atoms with Crippen molar-refractivity contribution in [2.75, 3.05) is 18.6 Å². The maximum absolute atomic E-state index is 10.9. The molecule has 1 aliphatic heterocycles. The summed E-state index contributed by atoms with van der Waals surface area (Å²) in [7, 11) is 1.44. The van der Waals surface area contributed by atoms with Gasteiger partial charge in [-0.05, 0) is 17.9 Å². The largest absolute Gasteiger partial charge is 0.468 e. The highest BCUT2D eigenvalue weighted by molar-refractivity contribution is 8.18. The lowest BCUT2D eigenvalue weighted by molar-refractivity contribution is -0.138. The van der Waals surface area contributed by atoms with Gasteiger partial charge in [-0.1, -0.05) is 13.8 Å². The third-order valence-electron chi connectivity index (χ3n) is 1.22. The molecule has 0 atom stereocenters. The van der Waals surface area contributed by atoms with Crippen molar-refractivity contribution in [2.24, 2.45) is 0 Å². The van der Waals surface area contributed by atoms with Crippen LogP contribution in [0.25, 0.3) is 0 Å². The molecular weight excluding hydrogens is 192 g/mol. The lowest BCUT2D eigenvalue weighted by Gasteiger charge is -2.17. The summed E-state index contributed by atoms with van der Waals surface area (Å²) in [6.45, 7) is 4.00. The average Bonchev–Trinajstić information content (AvgIpc) is 2.21. The molecule has 72 valence electrons. The number of hydrogen-bond acceptors (Lipinski definition) is 4. The van der Waals surface area contributed by atoms with E-state index in [4.69, 9.17) is 0 Å². The molecule has 12 heavy (non-hydrogen) atoms. The van der Waals surface area contributed by atoms with Gasteiger partial charge in [-0.25, -0.2) is 4.79 Å². The molecule has 0 radical (unpaired) electrons. The summed E-state index contributed by atoms with van der Waals surface area (Å²) in [6.07, 6.45) is 1.21. The van der Waals surface area contributed by atoms with Crippen molar-refractivity contribution in [3.8, 4) is 0 Å². The fourth-order valence-electron chi connectivity index (χ4n) is 0.720. The van der Waals surface area contributed by atoms with Gasteiger partial charge in [0.05, 0.1) is 7.11 Å². The Bertz CT molecular complexity index is 122. The summed E-state index contributed by atoms with van der Waals surface area (Å²) in [5, 5.41) is 0. The third kappa shape index (κ3) is 4.26. The molecule has 1 aliphatic rings. The molecule has 1 saturated heterocycles. The topological polar surface area (TPSA) is 26.3 Å². The zero-order valence-electron chi connectivity index (χ0n) is 7.83. The Morgan fingerprint density at radius 3 is 2.25 bits per heavy atom. The Hall–Kier alpha value is 0.170. The molecule has 1 rings (SSSR count). The molecule has 1 fully saturated rings. The molecule has 0 amide bonds. The highest BCUT2D eigenvalue weighted by Crippen LogP contribution is 2.30. The zero-order chi connectivity index (χ0) is 9.40. The van der Waals surface area contributed by atoms with E-state index < -0.39 is 0 Å². The molecule has 0 unspecified atom stereocenters. The van der Waals surface area contributed by atoms with E-state index in [-0.39, 0.29) is 10.6 Å². The van der Waals surface area contributed by atoms with Crippen molar-refractivity contribution in [1.82, 2.24) is 0 Å². The van der Waals surface area contributed by atoms with Crippen LogP contribution >= 0.6 is 23.5 Å². The second-order valence-corrected chi connectivity index (χ2v) is 4.67. The van der Waals surface area contributed by atoms with E-state index in [9.17, 15) is 4.79 Å². The van der Waals surface area contributed by atoms with Gasteiger partial charge in [0, 0.05) is 0 Å². The highest BCUT2D eigenvalue weighted by Gasteiger charge is 2.22. The molecule has 0 bridgehead atoms. The van der Waals surface area contributed by atoms with Crippen LogP contribution in [0.4, 0.5) is 0 Å². The van der Waals surface area contributed by atoms with Gasteiger partial charge in [-0.2, -0.15) is 0 Å². The predicted molar refractivity (Wildman–Crippen MR) is 56.7 cm³/mol. The summed E-state index contributed by atoms with van der Waals surface area (Å²) in [6, 6.07) is 0. The van der Waals surface area contributed by atoms with Crippen LogP contribution in [0.1, 0.15) is 20.3 Å². The van der Waals surface area contributed by atoms with Gasteiger partial charge in [0.2, 0.25) is 0 Å². The van der Waals surface area contributed by atoms with Crippen LogP contribution in [0.2, 0.25) is 0 Å². The quantitative estimate of drug-likeness (QED) is 0.618. The maximum Gasteiger partial charge on any atom is 0.329 e. The van der Waals surface area contributed by atoms with Crippen LogP contribution < -0.4 is 0 Å². The second-order valence-electron chi connectivity index (χ2n) is 1.95. The van der Waals surface area contributed by atoms with E-state index in [1.807, 2.05) is 13.8 Å². The predicted octanol–water partition coefficient (Wildman–Crippen LogP) is 2.38.